The van der Waals surface area contributed by atoms with Gasteiger partial charge in [0.1, 0.15) is 6.04 Å². The van der Waals surface area contributed by atoms with Crippen LogP contribution in [0.2, 0.25) is 5.02 Å². The van der Waals surface area contributed by atoms with E-state index in [0.29, 0.717) is 24.1 Å². The highest BCUT2D eigenvalue weighted by atomic mass is 35.5. The SMILES string of the molecule is O=C1[C@H]2CNCCN2CCN1c1ncc(-c2cccc(Cl)c2)cn1. The van der Waals surface area contributed by atoms with Crippen molar-refractivity contribution in [2.24, 2.45) is 0 Å². The molecule has 0 saturated carbocycles. The second-order valence-corrected chi connectivity index (χ2v) is 6.46. The van der Waals surface area contributed by atoms with Gasteiger partial charge >= 0.3 is 0 Å². The Morgan fingerprint density at radius 3 is 2.75 bits per heavy atom. The van der Waals surface area contributed by atoms with Crippen LogP contribution in [0.25, 0.3) is 11.1 Å². The summed E-state index contributed by atoms with van der Waals surface area (Å²) in [4.78, 5) is 25.4. The van der Waals surface area contributed by atoms with Crippen molar-refractivity contribution in [1.82, 2.24) is 20.2 Å². The molecule has 2 aromatic rings. The smallest absolute Gasteiger partial charge is 0.248 e. The Balaban J connectivity index is 1.55. The summed E-state index contributed by atoms with van der Waals surface area (Å²) in [5.74, 6) is 0.542. The number of carbonyl (C=O) groups excluding carboxylic acids is 1. The molecule has 2 aliphatic heterocycles. The van der Waals surface area contributed by atoms with Crippen molar-refractivity contribution in [2.75, 3.05) is 37.6 Å². The van der Waals surface area contributed by atoms with Gasteiger partial charge in [-0.1, -0.05) is 23.7 Å². The van der Waals surface area contributed by atoms with Crippen molar-refractivity contribution in [3.05, 3.63) is 41.7 Å². The van der Waals surface area contributed by atoms with Crippen molar-refractivity contribution < 1.29 is 4.79 Å². The predicted octanol–water partition coefficient (Wildman–Crippen LogP) is 1.42. The quantitative estimate of drug-likeness (QED) is 0.893. The first kappa shape index (κ1) is 15.5. The molecule has 1 atom stereocenters. The number of nitrogens with one attached hydrogen (secondary N) is 1. The highest BCUT2D eigenvalue weighted by Gasteiger charge is 2.37. The van der Waals surface area contributed by atoms with Gasteiger partial charge in [-0.3, -0.25) is 14.6 Å². The van der Waals surface area contributed by atoms with Gasteiger partial charge in [0, 0.05) is 55.7 Å². The molecule has 1 aromatic heterocycles. The highest BCUT2D eigenvalue weighted by Crippen LogP contribution is 2.23. The van der Waals surface area contributed by atoms with Crippen LogP contribution >= 0.6 is 11.6 Å². The lowest BCUT2D eigenvalue weighted by Crippen LogP contribution is -2.64. The molecule has 2 aliphatic rings. The van der Waals surface area contributed by atoms with Crippen LogP contribution in [0.15, 0.2) is 36.7 Å². The van der Waals surface area contributed by atoms with Crippen LogP contribution in [0.3, 0.4) is 0 Å². The van der Waals surface area contributed by atoms with Crippen molar-refractivity contribution in [3.8, 4) is 11.1 Å². The molecule has 1 amide bonds. The number of fused-ring (bicyclic) bond motifs is 1. The summed E-state index contributed by atoms with van der Waals surface area (Å²) in [5, 5.41) is 3.95. The van der Waals surface area contributed by atoms with Crippen LogP contribution < -0.4 is 10.2 Å². The molecule has 2 fully saturated rings. The fraction of sp³-hybridized carbons (Fsp3) is 0.353. The molecule has 1 aromatic carbocycles. The van der Waals surface area contributed by atoms with E-state index >= 15 is 0 Å². The Morgan fingerprint density at radius 2 is 1.96 bits per heavy atom. The molecule has 24 heavy (non-hydrogen) atoms. The number of carbonyl (C=O) groups is 1. The Morgan fingerprint density at radius 1 is 1.12 bits per heavy atom. The number of hydrogen-bond donors (Lipinski definition) is 1. The van der Waals surface area contributed by atoms with Crippen molar-refractivity contribution in [3.63, 3.8) is 0 Å². The molecule has 0 unspecified atom stereocenters. The highest BCUT2D eigenvalue weighted by molar-refractivity contribution is 6.30. The van der Waals surface area contributed by atoms with E-state index in [0.717, 1.165) is 30.8 Å². The van der Waals surface area contributed by atoms with Gasteiger partial charge in [-0.25, -0.2) is 9.97 Å². The summed E-state index contributed by atoms with van der Waals surface area (Å²) >= 11 is 6.03. The van der Waals surface area contributed by atoms with Crippen LogP contribution in [-0.2, 0) is 4.79 Å². The summed E-state index contributed by atoms with van der Waals surface area (Å²) in [6.45, 7) is 4.03. The van der Waals surface area contributed by atoms with E-state index in [1.54, 1.807) is 17.3 Å². The van der Waals surface area contributed by atoms with Gasteiger partial charge in [-0.15, -0.1) is 0 Å². The molecular weight excluding hydrogens is 326 g/mol. The summed E-state index contributed by atoms with van der Waals surface area (Å²) in [7, 11) is 0. The zero-order valence-electron chi connectivity index (χ0n) is 13.2. The van der Waals surface area contributed by atoms with Gasteiger partial charge < -0.3 is 5.32 Å². The summed E-state index contributed by atoms with van der Waals surface area (Å²) in [6.07, 6.45) is 3.49. The van der Waals surface area contributed by atoms with Gasteiger partial charge in [0.2, 0.25) is 11.9 Å². The van der Waals surface area contributed by atoms with E-state index in [-0.39, 0.29) is 11.9 Å². The van der Waals surface area contributed by atoms with Gasteiger partial charge in [-0.05, 0) is 17.7 Å². The fourth-order valence-electron chi connectivity index (χ4n) is 3.25. The Labute approximate surface area is 145 Å². The lowest BCUT2D eigenvalue weighted by molar-refractivity contribution is -0.126. The third kappa shape index (κ3) is 2.88. The fourth-order valence-corrected chi connectivity index (χ4v) is 3.44. The first-order valence-electron chi connectivity index (χ1n) is 8.06. The molecule has 0 radical (unpaired) electrons. The molecule has 3 heterocycles. The normalized spacial score (nSPS) is 21.6. The van der Waals surface area contributed by atoms with E-state index in [1.165, 1.54) is 0 Å². The van der Waals surface area contributed by atoms with Crippen molar-refractivity contribution in [2.45, 2.75) is 6.04 Å². The second-order valence-electron chi connectivity index (χ2n) is 6.03. The van der Waals surface area contributed by atoms with Crippen molar-refractivity contribution >= 4 is 23.5 Å². The molecule has 124 valence electrons. The number of halogens is 1. The minimum atomic E-state index is -0.108. The Hall–Kier alpha value is -2.02. The summed E-state index contributed by atoms with van der Waals surface area (Å²) in [5.41, 5.74) is 1.84. The molecule has 0 aliphatic carbocycles. The minimum absolute atomic E-state index is 0.0731. The monoisotopic (exact) mass is 343 g/mol. The lowest BCUT2D eigenvalue weighted by Gasteiger charge is -2.42. The average molecular weight is 344 g/mol. The number of piperazine rings is 2. The maximum atomic E-state index is 12.7. The molecule has 0 spiro atoms. The average Bonchev–Trinajstić information content (AvgIpc) is 2.63. The Kier molecular flexibility index (Phi) is 4.18. The van der Waals surface area contributed by atoms with Gasteiger partial charge in [0.05, 0.1) is 0 Å². The topological polar surface area (TPSA) is 61.4 Å². The zero-order chi connectivity index (χ0) is 16.5. The van der Waals surface area contributed by atoms with Gasteiger partial charge in [0.25, 0.3) is 0 Å². The number of hydrogen-bond acceptors (Lipinski definition) is 5. The van der Waals surface area contributed by atoms with Crippen LogP contribution in [0, 0.1) is 0 Å². The molecular formula is C17H18ClN5O. The molecule has 0 bridgehead atoms. The summed E-state index contributed by atoms with van der Waals surface area (Å²) < 4.78 is 0. The maximum Gasteiger partial charge on any atom is 0.248 e. The number of amides is 1. The van der Waals surface area contributed by atoms with E-state index in [4.69, 9.17) is 11.6 Å². The van der Waals surface area contributed by atoms with Gasteiger partial charge in [-0.2, -0.15) is 0 Å². The van der Waals surface area contributed by atoms with E-state index in [9.17, 15) is 4.79 Å². The Bertz CT molecular complexity index is 751. The van der Waals surface area contributed by atoms with Crippen LogP contribution in [-0.4, -0.2) is 59.5 Å². The van der Waals surface area contributed by atoms with E-state index < -0.39 is 0 Å². The first-order chi connectivity index (χ1) is 11.7. The summed E-state index contributed by atoms with van der Waals surface area (Å²) in [6, 6.07) is 7.45. The molecule has 6 nitrogen and oxygen atoms in total. The van der Waals surface area contributed by atoms with Crippen LogP contribution in [0.4, 0.5) is 5.95 Å². The third-order valence-corrected chi connectivity index (χ3v) is 4.79. The third-order valence-electron chi connectivity index (χ3n) is 4.55. The van der Waals surface area contributed by atoms with E-state index in [1.807, 2.05) is 24.3 Å². The zero-order valence-corrected chi connectivity index (χ0v) is 13.9. The number of benzene rings is 1. The standard InChI is InChI=1S/C17H18ClN5O/c18-14-3-1-2-12(8-14)13-9-20-17(21-10-13)23-7-6-22-5-4-19-11-15(22)16(23)24/h1-3,8-10,15,19H,4-7,11H2/t15-/m1/s1. The lowest BCUT2D eigenvalue weighted by atomic mass is 10.1. The van der Waals surface area contributed by atoms with Crippen LogP contribution in [0.1, 0.15) is 0 Å². The molecule has 7 heteroatoms. The largest absolute Gasteiger partial charge is 0.313 e. The van der Waals surface area contributed by atoms with E-state index in [2.05, 4.69) is 20.2 Å². The number of aromatic nitrogens is 2. The molecule has 2 saturated heterocycles. The molecule has 1 N–H and O–H groups in total. The number of rotatable bonds is 2. The maximum absolute atomic E-state index is 12.7. The number of anilines is 1. The van der Waals surface area contributed by atoms with Crippen molar-refractivity contribution in [1.29, 1.82) is 0 Å². The number of nitrogens with zero attached hydrogens (tertiary/aromatic N) is 4. The first-order valence-corrected chi connectivity index (χ1v) is 8.44. The minimum Gasteiger partial charge on any atom is -0.313 e. The predicted molar refractivity (Wildman–Crippen MR) is 93.1 cm³/mol. The molecule has 4 rings (SSSR count). The van der Waals surface area contributed by atoms with Gasteiger partial charge in [0.15, 0.2) is 0 Å². The van der Waals surface area contributed by atoms with Crippen LogP contribution in [0.5, 0.6) is 0 Å². The second kappa shape index (κ2) is 6.47.